The molecule has 0 amide bonds. The van der Waals surface area contributed by atoms with E-state index in [0.717, 1.165) is 12.0 Å². The maximum Gasteiger partial charge on any atom is 0.245 e. The van der Waals surface area contributed by atoms with Crippen molar-refractivity contribution >= 4 is 33.0 Å². The van der Waals surface area contributed by atoms with Crippen molar-refractivity contribution < 1.29 is 12.8 Å². The van der Waals surface area contributed by atoms with Crippen LogP contribution in [0.15, 0.2) is 70.9 Å². The fraction of sp³-hybridized carbons (Fsp3) is 0.273. The van der Waals surface area contributed by atoms with Crippen molar-refractivity contribution in [1.29, 1.82) is 0 Å². The summed E-state index contributed by atoms with van der Waals surface area (Å²) in [4.78, 5) is 0.950. The van der Waals surface area contributed by atoms with Crippen LogP contribution in [0.2, 0.25) is 5.02 Å². The molecule has 3 rings (SSSR count). The maximum atomic E-state index is 14.2. The van der Waals surface area contributed by atoms with Crippen LogP contribution in [0, 0.1) is 5.82 Å². The second-order valence-corrected chi connectivity index (χ2v) is 10.1. The normalized spacial score (nSPS) is 11.8. The molecular weight excluding hydrogens is 429 g/mol. The van der Waals surface area contributed by atoms with Gasteiger partial charge in [0, 0.05) is 23.0 Å². The van der Waals surface area contributed by atoms with Crippen LogP contribution in [-0.2, 0) is 22.9 Å². The lowest BCUT2D eigenvalue weighted by Gasteiger charge is -2.22. The third-order valence-electron chi connectivity index (χ3n) is 4.63. The molecule has 1 heterocycles. The van der Waals surface area contributed by atoms with Crippen LogP contribution in [-0.4, -0.2) is 25.8 Å². The molecule has 0 N–H and O–H groups in total. The van der Waals surface area contributed by atoms with Crippen molar-refractivity contribution in [3.63, 3.8) is 0 Å². The second kappa shape index (κ2) is 10.3. The number of rotatable bonds is 10. The Morgan fingerprint density at radius 2 is 1.69 bits per heavy atom. The molecule has 2 aromatic carbocycles. The fourth-order valence-corrected chi connectivity index (χ4v) is 5.73. The Morgan fingerprint density at radius 1 is 0.931 bits per heavy atom. The van der Waals surface area contributed by atoms with Gasteiger partial charge in [-0.2, -0.15) is 4.31 Å². The zero-order valence-electron chi connectivity index (χ0n) is 15.9. The van der Waals surface area contributed by atoms with Crippen LogP contribution in [0.4, 0.5) is 4.39 Å². The summed E-state index contributed by atoms with van der Waals surface area (Å²) in [6.07, 6.45) is 2.82. The van der Waals surface area contributed by atoms with Gasteiger partial charge >= 0.3 is 0 Å². The van der Waals surface area contributed by atoms with Gasteiger partial charge in [0.2, 0.25) is 10.0 Å². The number of nitrogens with zero attached hydrogens (tertiary/aromatic N) is 1. The first kappa shape index (κ1) is 22.0. The summed E-state index contributed by atoms with van der Waals surface area (Å²) < 4.78 is 41.8. The van der Waals surface area contributed by atoms with Gasteiger partial charge in [-0.3, -0.25) is 0 Å². The Balaban J connectivity index is 1.70. The van der Waals surface area contributed by atoms with E-state index in [2.05, 4.69) is 0 Å². The van der Waals surface area contributed by atoms with Gasteiger partial charge in [0.1, 0.15) is 10.7 Å². The molecular formula is C22H23ClFNO2S2. The minimum atomic E-state index is -3.90. The molecule has 29 heavy (non-hydrogen) atoms. The molecule has 0 radical (unpaired) electrons. The highest BCUT2D eigenvalue weighted by Gasteiger charge is 2.26. The first-order valence-electron chi connectivity index (χ1n) is 9.48. The lowest BCUT2D eigenvalue weighted by Crippen LogP contribution is -2.34. The highest BCUT2D eigenvalue weighted by molar-refractivity contribution is 7.89. The van der Waals surface area contributed by atoms with E-state index in [1.807, 2.05) is 41.8 Å². The molecule has 1 aromatic heterocycles. The van der Waals surface area contributed by atoms with Gasteiger partial charge in [-0.25, -0.2) is 12.8 Å². The minimum absolute atomic E-state index is 0.265. The predicted octanol–water partition coefficient (Wildman–Crippen LogP) is 5.80. The molecule has 0 bridgehead atoms. The van der Waals surface area contributed by atoms with E-state index in [1.54, 1.807) is 17.4 Å². The number of benzene rings is 2. The van der Waals surface area contributed by atoms with Crippen molar-refractivity contribution in [2.24, 2.45) is 0 Å². The molecule has 0 saturated heterocycles. The van der Waals surface area contributed by atoms with Crippen LogP contribution in [0.5, 0.6) is 0 Å². The predicted molar refractivity (Wildman–Crippen MR) is 118 cm³/mol. The van der Waals surface area contributed by atoms with Crippen molar-refractivity contribution in [3.05, 3.63) is 87.3 Å². The minimum Gasteiger partial charge on any atom is -0.207 e. The topological polar surface area (TPSA) is 37.4 Å². The van der Waals surface area contributed by atoms with Gasteiger partial charge < -0.3 is 0 Å². The summed E-state index contributed by atoms with van der Waals surface area (Å²) in [7, 11) is -3.90. The van der Waals surface area contributed by atoms with Gasteiger partial charge in [-0.15, -0.1) is 11.3 Å². The fourth-order valence-electron chi connectivity index (χ4n) is 3.18. The molecule has 3 aromatic rings. The van der Waals surface area contributed by atoms with E-state index in [4.69, 9.17) is 11.6 Å². The summed E-state index contributed by atoms with van der Waals surface area (Å²) >= 11 is 7.68. The van der Waals surface area contributed by atoms with Crippen molar-refractivity contribution in [2.45, 2.75) is 30.6 Å². The van der Waals surface area contributed by atoms with Crippen LogP contribution in [0.1, 0.15) is 23.3 Å². The summed E-state index contributed by atoms with van der Waals surface area (Å²) in [5, 5.41) is 2.67. The molecule has 3 nitrogen and oxygen atoms in total. The smallest absolute Gasteiger partial charge is 0.207 e. The van der Waals surface area contributed by atoms with Crippen LogP contribution in [0.3, 0.4) is 0 Å². The number of aryl methyl sites for hydroxylation is 2. The second-order valence-electron chi connectivity index (χ2n) is 6.75. The lowest BCUT2D eigenvalue weighted by atomic mass is 10.1. The van der Waals surface area contributed by atoms with E-state index in [0.29, 0.717) is 37.4 Å². The monoisotopic (exact) mass is 451 g/mol. The summed E-state index contributed by atoms with van der Waals surface area (Å²) in [6.45, 7) is 0.678. The third-order valence-corrected chi connectivity index (χ3v) is 7.73. The Kier molecular flexibility index (Phi) is 7.84. The number of hydrogen-bond donors (Lipinski definition) is 0. The van der Waals surface area contributed by atoms with Crippen molar-refractivity contribution in [1.82, 2.24) is 4.31 Å². The van der Waals surface area contributed by atoms with Gasteiger partial charge in [-0.1, -0.05) is 41.9 Å². The average Bonchev–Trinajstić information content (AvgIpc) is 3.20. The van der Waals surface area contributed by atoms with Crippen LogP contribution in [0.25, 0.3) is 0 Å². The summed E-state index contributed by atoms with van der Waals surface area (Å²) in [6, 6.07) is 17.1. The van der Waals surface area contributed by atoms with Crippen LogP contribution >= 0.6 is 22.9 Å². The van der Waals surface area contributed by atoms with E-state index in [-0.39, 0.29) is 4.90 Å². The zero-order chi connectivity index (χ0) is 20.7. The molecule has 0 atom stereocenters. The third kappa shape index (κ3) is 6.12. The van der Waals surface area contributed by atoms with E-state index in [1.165, 1.54) is 27.4 Å². The number of hydrogen-bond acceptors (Lipinski definition) is 3. The largest absolute Gasteiger partial charge is 0.245 e. The first-order chi connectivity index (χ1) is 14.0. The van der Waals surface area contributed by atoms with Crippen molar-refractivity contribution in [3.8, 4) is 0 Å². The van der Waals surface area contributed by atoms with Gasteiger partial charge in [-0.05, 0) is 67.0 Å². The Hall–Kier alpha value is -1.73. The molecule has 0 aliphatic heterocycles. The standard InChI is InChI=1S/C22H23ClFNO2S2/c23-19-9-3-7-18(17-19)8-4-14-25(15-5-10-20-11-6-16-28-20)29(26,27)22-13-2-1-12-21(22)24/h1-3,6-7,9,11-13,16-17H,4-5,8,10,14-15H2. The molecule has 154 valence electrons. The molecule has 0 fully saturated rings. The SMILES string of the molecule is O=S(=O)(c1ccccc1F)N(CCCc1cccc(Cl)c1)CCCc1cccs1. The van der Waals surface area contributed by atoms with E-state index < -0.39 is 15.8 Å². The van der Waals surface area contributed by atoms with Crippen LogP contribution < -0.4 is 0 Å². The molecule has 0 spiro atoms. The highest BCUT2D eigenvalue weighted by atomic mass is 35.5. The number of sulfonamides is 1. The van der Waals surface area contributed by atoms with E-state index >= 15 is 0 Å². The van der Waals surface area contributed by atoms with Gasteiger partial charge in [0.05, 0.1) is 0 Å². The number of thiophene rings is 1. The van der Waals surface area contributed by atoms with Gasteiger partial charge in [0.25, 0.3) is 0 Å². The average molecular weight is 452 g/mol. The maximum absolute atomic E-state index is 14.2. The quantitative estimate of drug-likeness (QED) is 0.390. The highest BCUT2D eigenvalue weighted by Crippen LogP contribution is 2.21. The number of halogens is 2. The molecule has 0 aliphatic rings. The molecule has 0 aliphatic carbocycles. The Morgan fingerprint density at radius 3 is 2.38 bits per heavy atom. The van der Waals surface area contributed by atoms with Gasteiger partial charge in [0.15, 0.2) is 0 Å². The van der Waals surface area contributed by atoms with Crippen molar-refractivity contribution in [2.75, 3.05) is 13.1 Å². The lowest BCUT2D eigenvalue weighted by molar-refractivity contribution is 0.395. The molecule has 0 unspecified atom stereocenters. The molecule has 0 saturated carbocycles. The molecule has 7 heteroatoms. The Labute approximate surface area is 180 Å². The summed E-state index contributed by atoms with van der Waals surface area (Å²) in [5.74, 6) is -0.717. The van der Waals surface area contributed by atoms with E-state index in [9.17, 15) is 12.8 Å². The first-order valence-corrected chi connectivity index (χ1v) is 12.2. The Bertz CT molecular complexity index is 1020. The summed E-state index contributed by atoms with van der Waals surface area (Å²) in [5.41, 5.74) is 1.05. The zero-order valence-corrected chi connectivity index (χ0v) is 18.3.